The van der Waals surface area contributed by atoms with Crippen LogP contribution in [-0.2, 0) is 4.79 Å². The summed E-state index contributed by atoms with van der Waals surface area (Å²) in [4.78, 5) is 24.8. The second kappa shape index (κ2) is 13.1. The quantitative estimate of drug-likeness (QED) is 0.336. The molecule has 3 rings (SSSR count). The SMILES string of the molecule is CC(C)CCOc1cccc(C(=O)NC(=S)Nc2cccc(NC(=O)COc3ccccc3)c2)c1. The zero-order valence-corrected chi connectivity index (χ0v) is 20.6. The highest BCUT2D eigenvalue weighted by Gasteiger charge is 2.10. The van der Waals surface area contributed by atoms with Gasteiger partial charge in [-0.15, -0.1) is 0 Å². The minimum Gasteiger partial charge on any atom is -0.494 e. The maximum atomic E-state index is 12.6. The Morgan fingerprint density at radius 2 is 1.51 bits per heavy atom. The summed E-state index contributed by atoms with van der Waals surface area (Å²) in [5.74, 6) is 1.15. The van der Waals surface area contributed by atoms with Crippen molar-refractivity contribution in [1.82, 2.24) is 5.32 Å². The van der Waals surface area contributed by atoms with Gasteiger partial charge in [0, 0.05) is 16.9 Å². The summed E-state index contributed by atoms with van der Waals surface area (Å²) in [5, 5.41) is 8.53. The van der Waals surface area contributed by atoms with Gasteiger partial charge in [-0.25, -0.2) is 0 Å². The van der Waals surface area contributed by atoms with E-state index in [0.717, 1.165) is 6.42 Å². The van der Waals surface area contributed by atoms with Crippen LogP contribution in [0.3, 0.4) is 0 Å². The molecule has 0 unspecified atom stereocenters. The molecule has 7 nitrogen and oxygen atoms in total. The normalized spacial score (nSPS) is 10.4. The number of thiocarbonyl (C=S) groups is 1. The van der Waals surface area contributed by atoms with Crippen molar-refractivity contribution in [3.8, 4) is 11.5 Å². The highest BCUT2D eigenvalue weighted by molar-refractivity contribution is 7.80. The molecule has 35 heavy (non-hydrogen) atoms. The van der Waals surface area contributed by atoms with Gasteiger partial charge in [0.1, 0.15) is 11.5 Å². The first-order valence-corrected chi connectivity index (χ1v) is 11.7. The van der Waals surface area contributed by atoms with Gasteiger partial charge in [0.05, 0.1) is 6.61 Å². The zero-order valence-electron chi connectivity index (χ0n) is 19.7. The Labute approximate surface area is 210 Å². The van der Waals surface area contributed by atoms with Gasteiger partial charge < -0.3 is 20.1 Å². The molecule has 3 N–H and O–H groups in total. The first-order chi connectivity index (χ1) is 16.9. The lowest BCUT2D eigenvalue weighted by Crippen LogP contribution is -2.34. The van der Waals surface area contributed by atoms with E-state index in [1.807, 2.05) is 24.3 Å². The molecule has 0 saturated carbocycles. The van der Waals surface area contributed by atoms with Gasteiger partial charge >= 0.3 is 0 Å². The summed E-state index contributed by atoms with van der Waals surface area (Å²) in [5.41, 5.74) is 1.62. The fourth-order valence-electron chi connectivity index (χ4n) is 3.01. The predicted molar refractivity (Wildman–Crippen MR) is 142 cm³/mol. The molecule has 3 aromatic carbocycles. The third kappa shape index (κ3) is 9.10. The van der Waals surface area contributed by atoms with Gasteiger partial charge in [0.25, 0.3) is 11.8 Å². The number of hydrogen-bond donors (Lipinski definition) is 3. The smallest absolute Gasteiger partial charge is 0.262 e. The Morgan fingerprint density at radius 1 is 0.829 bits per heavy atom. The molecule has 0 aliphatic heterocycles. The first-order valence-electron chi connectivity index (χ1n) is 11.3. The van der Waals surface area contributed by atoms with Crippen molar-refractivity contribution in [2.45, 2.75) is 20.3 Å². The summed E-state index contributed by atoms with van der Waals surface area (Å²) in [7, 11) is 0. The Morgan fingerprint density at radius 3 is 2.26 bits per heavy atom. The lowest BCUT2D eigenvalue weighted by Gasteiger charge is -2.12. The molecular formula is C27H29N3O4S. The van der Waals surface area contributed by atoms with Gasteiger partial charge in [0.15, 0.2) is 11.7 Å². The molecule has 0 saturated heterocycles. The predicted octanol–water partition coefficient (Wildman–Crippen LogP) is 5.26. The number of para-hydroxylation sites is 1. The van der Waals surface area contributed by atoms with E-state index < -0.39 is 0 Å². The molecular weight excluding hydrogens is 462 g/mol. The van der Waals surface area contributed by atoms with Crippen molar-refractivity contribution in [2.75, 3.05) is 23.8 Å². The second-order valence-electron chi connectivity index (χ2n) is 8.20. The summed E-state index contributed by atoms with van der Waals surface area (Å²) in [6.07, 6.45) is 0.935. The van der Waals surface area contributed by atoms with E-state index in [1.54, 1.807) is 54.6 Å². The molecule has 0 aromatic heterocycles. The number of anilines is 2. The van der Waals surface area contributed by atoms with E-state index >= 15 is 0 Å². The van der Waals surface area contributed by atoms with Crippen molar-refractivity contribution in [3.05, 3.63) is 84.4 Å². The molecule has 0 aliphatic carbocycles. The fourth-order valence-corrected chi connectivity index (χ4v) is 3.23. The number of ether oxygens (including phenoxy) is 2. The van der Waals surface area contributed by atoms with E-state index in [-0.39, 0.29) is 23.5 Å². The Bertz CT molecular complexity index is 1150. The number of carbonyl (C=O) groups excluding carboxylic acids is 2. The van der Waals surface area contributed by atoms with Gasteiger partial charge in [-0.1, -0.05) is 44.2 Å². The highest BCUT2D eigenvalue weighted by atomic mass is 32.1. The van der Waals surface area contributed by atoms with Crippen LogP contribution in [0.4, 0.5) is 11.4 Å². The fraction of sp³-hybridized carbons (Fsp3) is 0.222. The standard InChI is InChI=1S/C27H29N3O4S/c1-19(2)14-15-33-24-13-6-8-20(16-24)26(32)30-27(35)29-22-10-7-9-21(17-22)28-25(31)18-34-23-11-4-3-5-12-23/h3-13,16-17,19H,14-15,18H2,1-2H3,(H,28,31)(H2,29,30,32,35). The molecule has 0 atom stereocenters. The number of benzene rings is 3. The third-order valence-corrected chi connectivity index (χ3v) is 5.01. The molecule has 3 aromatic rings. The summed E-state index contributed by atoms with van der Waals surface area (Å²) < 4.78 is 11.2. The average Bonchev–Trinajstić information content (AvgIpc) is 2.83. The molecule has 8 heteroatoms. The van der Waals surface area contributed by atoms with Crippen LogP contribution in [0, 0.1) is 5.92 Å². The van der Waals surface area contributed by atoms with Crippen LogP contribution in [0.5, 0.6) is 11.5 Å². The molecule has 0 aliphatic rings. The Kier molecular flexibility index (Phi) is 9.62. The lowest BCUT2D eigenvalue weighted by atomic mass is 10.1. The van der Waals surface area contributed by atoms with E-state index in [9.17, 15) is 9.59 Å². The van der Waals surface area contributed by atoms with Crippen LogP contribution in [-0.4, -0.2) is 30.1 Å². The average molecular weight is 492 g/mol. The van der Waals surface area contributed by atoms with Crippen molar-refractivity contribution >= 4 is 40.5 Å². The van der Waals surface area contributed by atoms with Gasteiger partial charge in [-0.3, -0.25) is 14.9 Å². The minimum absolute atomic E-state index is 0.115. The number of rotatable bonds is 10. The van der Waals surface area contributed by atoms with Crippen LogP contribution >= 0.6 is 12.2 Å². The monoisotopic (exact) mass is 491 g/mol. The maximum Gasteiger partial charge on any atom is 0.262 e. The van der Waals surface area contributed by atoms with Crippen molar-refractivity contribution in [1.29, 1.82) is 0 Å². The summed E-state index contributed by atoms with van der Waals surface area (Å²) in [6.45, 7) is 4.74. The second-order valence-corrected chi connectivity index (χ2v) is 8.61. The Hall–Kier alpha value is -3.91. The van der Waals surface area contributed by atoms with Gasteiger partial charge in [-0.05, 0) is 73.1 Å². The number of nitrogens with one attached hydrogen (secondary N) is 3. The maximum absolute atomic E-state index is 12.6. The van der Waals surface area contributed by atoms with Crippen molar-refractivity contribution < 1.29 is 19.1 Å². The molecule has 0 spiro atoms. The minimum atomic E-state index is -0.348. The van der Waals surface area contributed by atoms with Crippen molar-refractivity contribution in [2.24, 2.45) is 5.92 Å². The van der Waals surface area contributed by atoms with Gasteiger partial charge in [-0.2, -0.15) is 0 Å². The number of carbonyl (C=O) groups is 2. The molecule has 0 heterocycles. The van der Waals surface area contributed by atoms with E-state index in [1.165, 1.54) is 0 Å². The highest BCUT2D eigenvalue weighted by Crippen LogP contribution is 2.17. The van der Waals surface area contributed by atoms with Crippen LogP contribution in [0.1, 0.15) is 30.6 Å². The van der Waals surface area contributed by atoms with Crippen LogP contribution < -0.4 is 25.4 Å². The molecule has 0 bridgehead atoms. The molecule has 0 radical (unpaired) electrons. The molecule has 182 valence electrons. The topological polar surface area (TPSA) is 88.7 Å². The van der Waals surface area contributed by atoms with E-state index in [0.29, 0.717) is 41.0 Å². The number of hydrogen-bond acceptors (Lipinski definition) is 5. The summed E-state index contributed by atoms with van der Waals surface area (Å²) >= 11 is 5.29. The molecule has 2 amide bonds. The van der Waals surface area contributed by atoms with Crippen LogP contribution in [0.15, 0.2) is 78.9 Å². The largest absolute Gasteiger partial charge is 0.494 e. The Balaban J connectivity index is 1.49. The summed E-state index contributed by atoms with van der Waals surface area (Å²) in [6, 6.07) is 23.1. The zero-order chi connectivity index (χ0) is 25.0. The van der Waals surface area contributed by atoms with Gasteiger partial charge in [0.2, 0.25) is 0 Å². The van der Waals surface area contributed by atoms with Crippen molar-refractivity contribution in [3.63, 3.8) is 0 Å². The third-order valence-electron chi connectivity index (χ3n) is 4.80. The van der Waals surface area contributed by atoms with Crippen LogP contribution in [0.25, 0.3) is 0 Å². The van der Waals surface area contributed by atoms with E-state index in [2.05, 4.69) is 29.8 Å². The lowest BCUT2D eigenvalue weighted by molar-refractivity contribution is -0.118. The molecule has 0 fully saturated rings. The first kappa shape index (κ1) is 25.7. The van der Waals surface area contributed by atoms with Crippen LogP contribution in [0.2, 0.25) is 0 Å². The number of amides is 2. The van der Waals surface area contributed by atoms with E-state index in [4.69, 9.17) is 21.7 Å².